The summed E-state index contributed by atoms with van der Waals surface area (Å²) in [5.74, 6) is 0.777. The number of phenolic OH excluding ortho intramolecular Hbond substituents is 1. The lowest BCUT2D eigenvalue weighted by molar-refractivity contribution is 0.139. The first-order valence-electron chi connectivity index (χ1n) is 12.5. The number of hydrogen-bond acceptors (Lipinski definition) is 6. The highest BCUT2D eigenvalue weighted by atomic mass is 19.1. The maximum Gasteiger partial charge on any atom is 0.227 e. The molecule has 1 fully saturated rings. The Kier molecular flexibility index (Phi) is 5.52. The number of aromatic nitrogens is 2. The second-order valence-corrected chi connectivity index (χ2v) is 10.3. The van der Waals surface area contributed by atoms with E-state index in [0.717, 1.165) is 60.6 Å². The number of para-hydroxylation sites is 1. The van der Waals surface area contributed by atoms with Crippen LogP contribution in [0.15, 0.2) is 54.7 Å². The number of aromatic hydroxyl groups is 1. The predicted molar refractivity (Wildman–Crippen MR) is 140 cm³/mol. The molecule has 1 aromatic heterocycles. The largest absolute Gasteiger partial charge is 0.508 e. The second-order valence-electron chi connectivity index (χ2n) is 10.3. The summed E-state index contributed by atoms with van der Waals surface area (Å²) in [7, 11) is 0. The number of anilines is 2. The van der Waals surface area contributed by atoms with Gasteiger partial charge in [0.1, 0.15) is 17.1 Å². The minimum atomic E-state index is -0.588. The van der Waals surface area contributed by atoms with Gasteiger partial charge < -0.3 is 20.5 Å². The van der Waals surface area contributed by atoms with Crippen molar-refractivity contribution >= 4 is 22.5 Å². The van der Waals surface area contributed by atoms with Crippen molar-refractivity contribution in [3.05, 3.63) is 71.7 Å². The number of rotatable bonds is 4. The van der Waals surface area contributed by atoms with Crippen LogP contribution < -0.4 is 15.4 Å². The molecule has 2 aliphatic heterocycles. The van der Waals surface area contributed by atoms with Gasteiger partial charge in [-0.15, -0.1) is 0 Å². The van der Waals surface area contributed by atoms with Crippen LogP contribution in [-0.2, 0) is 6.42 Å². The third-order valence-corrected chi connectivity index (χ3v) is 7.15. The molecule has 36 heavy (non-hydrogen) atoms. The van der Waals surface area contributed by atoms with Crippen molar-refractivity contribution in [1.82, 2.24) is 15.3 Å². The first-order valence-corrected chi connectivity index (χ1v) is 12.5. The summed E-state index contributed by atoms with van der Waals surface area (Å²) >= 11 is 0. The first kappa shape index (κ1) is 22.7. The smallest absolute Gasteiger partial charge is 0.227 e. The third kappa shape index (κ3) is 4.13. The standard InChI is InChI=1S/C29H29FN4O2/c1-29(2)15-23-20(17-9-11-31-12-10-17)7-8-21(27(23)36-29)22-13-19(35)14-24(30)26(22)34-28-32-16-18-5-3-4-6-25(18)33-28/h3-8,13-14,16-17,31,35H,9-12,15H2,1-2H3,(H,32,33,34). The van der Waals surface area contributed by atoms with Crippen LogP contribution in [0.25, 0.3) is 22.0 Å². The Morgan fingerprint density at radius 1 is 1.08 bits per heavy atom. The third-order valence-electron chi connectivity index (χ3n) is 7.15. The van der Waals surface area contributed by atoms with Gasteiger partial charge in [-0.25, -0.2) is 14.4 Å². The highest BCUT2D eigenvalue weighted by Crippen LogP contribution is 2.49. The number of piperidine rings is 1. The van der Waals surface area contributed by atoms with Gasteiger partial charge in [-0.05, 0) is 63.4 Å². The van der Waals surface area contributed by atoms with E-state index >= 15 is 4.39 Å². The Hall–Kier alpha value is -3.71. The van der Waals surface area contributed by atoms with Gasteiger partial charge in [0.25, 0.3) is 0 Å². The lowest BCUT2D eigenvalue weighted by Gasteiger charge is -2.25. The van der Waals surface area contributed by atoms with E-state index in [1.807, 2.05) is 30.3 Å². The fourth-order valence-corrected chi connectivity index (χ4v) is 5.48. The number of fused-ring (bicyclic) bond motifs is 2. The number of halogens is 1. The summed E-state index contributed by atoms with van der Waals surface area (Å²) in [5, 5.41) is 17.8. The molecular formula is C29H29FN4O2. The van der Waals surface area contributed by atoms with E-state index in [-0.39, 0.29) is 23.0 Å². The SMILES string of the molecule is CC1(C)Cc2c(C3CCNCC3)ccc(-c3cc(O)cc(F)c3Nc3ncc4ccccc4n3)c2O1. The maximum absolute atomic E-state index is 15.3. The number of ether oxygens (including phenoxy) is 1. The highest BCUT2D eigenvalue weighted by Gasteiger charge is 2.36. The molecule has 1 saturated heterocycles. The van der Waals surface area contributed by atoms with Crippen LogP contribution in [0.4, 0.5) is 16.0 Å². The minimum Gasteiger partial charge on any atom is -0.508 e. The van der Waals surface area contributed by atoms with E-state index in [4.69, 9.17) is 4.74 Å². The van der Waals surface area contributed by atoms with Gasteiger partial charge in [0.05, 0.1) is 11.2 Å². The molecule has 0 aliphatic carbocycles. The summed E-state index contributed by atoms with van der Waals surface area (Å²) in [5.41, 5.74) is 4.34. The van der Waals surface area contributed by atoms with Gasteiger partial charge in [0.15, 0.2) is 5.82 Å². The monoisotopic (exact) mass is 484 g/mol. The van der Waals surface area contributed by atoms with E-state index in [9.17, 15) is 5.11 Å². The minimum absolute atomic E-state index is 0.152. The van der Waals surface area contributed by atoms with E-state index in [0.29, 0.717) is 11.5 Å². The van der Waals surface area contributed by atoms with Gasteiger partial charge >= 0.3 is 0 Å². The van der Waals surface area contributed by atoms with E-state index < -0.39 is 5.82 Å². The molecule has 6 rings (SSSR count). The molecule has 0 spiro atoms. The zero-order valence-corrected chi connectivity index (χ0v) is 20.4. The average molecular weight is 485 g/mol. The Bertz CT molecular complexity index is 1460. The molecule has 7 heteroatoms. The van der Waals surface area contributed by atoms with E-state index in [1.54, 1.807) is 12.3 Å². The number of benzene rings is 3. The van der Waals surface area contributed by atoms with Crippen LogP contribution in [0.5, 0.6) is 11.5 Å². The van der Waals surface area contributed by atoms with Gasteiger partial charge in [-0.1, -0.05) is 30.3 Å². The molecule has 0 radical (unpaired) electrons. The van der Waals surface area contributed by atoms with Crippen molar-refractivity contribution in [3.63, 3.8) is 0 Å². The molecule has 0 atom stereocenters. The maximum atomic E-state index is 15.3. The highest BCUT2D eigenvalue weighted by molar-refractivity contribution is 5.87. The summed E-state index contributed by atoms with van der Waals surface area (Å²) in [6, 6.07) is 14.5. The normalized spacial score (nSPS) is 17.1. The molecular weight excluding hydrogens is 455 g/mol. The Balaban J connectivity index is 1.47. The van der Waals surface area contributed by atoms with Crippen LogP contribution >= 0.6 is 0 Å². The first-order chi connectivity index (χ1) is 17.4. The fraction of sp³-hybridized carbons (Fsp3) is 0.310. The second kappa shape index (κ2) is 8.75. The summed E-state index contributed by atoms with van der Waals surface area (Å²) in [6.45, 7) is 6.16. The van der Waals surface area contributed by atoms with Crippen LogP contribution in [0.2, 0.25) is 0 Å². The summed E-state index contributed by atoms with van der Waals surface area (Å²) < 4.78 is 21.8. The molecule has 3 heterocycles. The number of nitrogens with one attached hydrogen (secondary N) is 2. The quantitative estimate of drug-likeness (QED) is 0.305. The number of phenols is 1. The zero-order chi connectivity index (χ0) is 24.9. The summed E-state index contributed by atoms with van der Waals surface area (Å²) in [6.07, 6.45) is 4.66. The molecule has 0 amide bonds. The Morgan fingerprint density at radius 3 is 2.72 bits per heavy atom. The molecule has 6 nitrogen and oxygen atoms in total. The van der Waals surface area contributed by atoms with Gasteiger partial charge in [-0.2, -0.15) is 0 Å². The number of nitrogens with zero attached hydrogens (tertiary/aromatic N) is 2. The lowest BCUT2D eigenvalue weighted by Crippen LogP contribution is -2.27. The van der Waals surface area contributed by atoms with Gasteiger partial charge in [-0.3, -0.25) is 0 Å². The van der Waals surface area contributed by atoms with Crippen LogP contribution in [0, 0.1) is 5.82 Å². The van der Waals surface area contributed by atoms with Gasteiger partial charge in [0, 0.05) is 40.8 Å². The van der Waals surface area contributed by atoms with Crippen molar-refractivity contribution in [2.75, 3.05) is 18.4 Å². The molecule has 4 aromatic rings. The zero-order valence-electron chi connectivity index (χ0n) is 20.4. The molecule has 2 aliphatic rings. The summed E-state index contributed by atoms with van der Waals surface area (Å²) in [4.78, 5) is 8.93. The van der Waals surface area contributed by atoms with E-state index in [2.05, 4.69) is 40.5 Å². The Labute approximate surface area is 209 Å². The molecule has 3 aromatic carbocycles. The van der Waals surface area contributed by atoms with Crippen molar-refractivity contribution in [3.8, 4) is 22.6 Å². The van der Waals surface area contributed by atoms with Crippen LogP contribution in [0.3, 0.4) is 0 Å². The van der Waals surface area contributed by atoms with E-state index in [1.165, 1.54) is 11.1 Å². The van der Waals surface area contributed by atoms with Gasteiger partial charge in [0.2, 0.25) is 5.95 Å². The van der Waals surface area contributed by atoms with Crippen molar-refractivity contribution in [1.29, 1.82) is 0 Å². The predicted octanol–water partition coefficient (Wildman–Crippen LogP) is 6.07. The lowest BCUT2D eigenvalue weighted by atomic mass is 9.83. The average Bonchev–Trinajstić information content (AvgIpc) is 3.20. The van der Waals surface area contributed by atoms with Crippen molar-refractivity contribution in [2.24, 2.45) is 0 Å². The van der Waals surface area contributed by atoms with Crippen LogP contribution in [-0.4, -0.2) is 33.8 Å². The fourth-order valence-electron chi connectivity index (χ4n) is 5.48. The molecule has 0 bridgehead atoms. The molecule has 3 N–H and O–H groups in total. The number of hydrogen-bond donors (Lipinski definition) is 3. The molecule has 184 valence electrons. The van der Waals surface area contributed by atoms with Crippen LogP contribution in [0.1, 0.15) is 43.7 Å². The van der Waals surface area contributed by atoms with Crippen molar-refractivity contribution < 1.29 is 14.2 Å². The Morgan fingerprint density at radius 2 is 1.89 bits per heavy atom. The topological polar surface area (TPSA) is 79.3 Å². The van der Waals surface area contributed by atoms with Crippen molar-refractivity contribution in [2.45, 2.75) is 44.6 Å². The molecule has 0 unspecified atom stereocenters. The molecule has 0 saturated carbocycles.